The summed E-state index contributed by atoms with van der Waals surface area (Å²) in [6, 6.07) is 11.7. The third kappa shape index (κ3) is 3.40. The summed E-state index contributed by atoms with van der Waals surface area (Å²) < 4.78 is 10.3. The van der Waals surface area contributed by atoms with E-state index in [2.05, 4.69) is 4.99 Å². The van der Waals surface area contributed by atoms with Crippen LogP contribution in [-0.4, -0.2) is 23.9 Å². The van der Waals surface area contributed by atoms with Gasteiger partial charge in [0.25, 0.3) is 5.69 Å². The summed E-state index contributed by atoms with van der Waals surface area (Å²) in [7, 11) is 1.54. The molecule has 0 bridgehead atoms. The fourth-order valence-electron chi connectivity index (χ4n) is 2.36. The van der Waals surface area contributed by atoms with Gasteiger partial charge in [0.1, 0.15) is 5.75 Å². The van der Waals surface area contributed by atoms with Crippen molar-refractivity contribution >= 4 is 23.6 Å². The zero-order valence-electron chi connectivity index (χ0n) is 13.6. The van der Waals surface area contributed by atoms with Crippen molar-refractivity contribution < 1.29 is 19.2 Å². The molecule has 0 saturated heterocycles. The highest BCUT2D eigenvalue weighted by atomic mass is 16.6. The smallest absolute Gasteiger partial charge is 0.363 e. The normalized spacial score (nSPS) is 15.0. The summed E-state index contributed by atoms with van der Waals surface area (Å²) in [6.07, 6.45) is 1.46. The minimum atomic E-state index is -0.610. The van der Waals surface area contributed by atoms with Crippen molar-refractivity contribution in [1.82, 2.24) is 0 Å². The van der Waals surface area contributed by atoms with E-state index in [4.69, 9.17) is 9.47 Å². The van der Waals surface area contributed by atoms with Crippen molar-refractivity contribution in [2.75, 3.05) is 7.11 Å². The largest absolute Gasteiger partial charge is 0.497 e. The number of cyclic esters (lactones) is 1. The lowest BCUT2D eigenvalue weighted by molar-refractivity contribution is -0.385. The summed E-state index contributed by atoms with van der Waals surface area (Å²) in [6.45, 7) is 1.65. The van der Waals surface area contributed by atoms with Crippen LogP contribution in [0.15, 0.2) is 53.2 Å². The van der Waals surface area contributed by atoms with E-state index >= 15 is 0 Å². The van der Waals surface area contributed by atoms with E-state index in [1.165, 1.54) is 19.3 Å². The molecule has 1 aliphatic heterocycles. The fourth-order valence-corrected chi connectivity index (χ4v) is 2.36. The third-order valence-electron chi connectivity index (χ3n) is 3.67. The Morgan fingerprint density at radius 3 is 2.76 bits per heavy atom. The maximum Gasteiger partial charge on any atom is 0.363 e. The van der Waals surface area contributed by atoms with Gasteiger partial charge in [0.05, 0.1) is 12.0 Å². The van der Waals surface area contributed by atoms with Gasteiger partial charge in [0, 0.05) is 17.2 Å². The molecule has 1 heterocycles. The molecule has 0 aliphatic carbocycles. The molecule has 0 radical (unpaired) electrons. The zero-order valence-corrected chi connectivity index (χ0v) is 13.6. The lowest BCUT2D eigenvalue weighted by Crippen LogP contribution is -2.05. The average Bonchev–Trinajstić information content (AvgIpc) is 2.97. The number of nitro benzene ring substituents is 1. The van der Waals surface area contributed by atoms with Crippen molar-refractivity contribution in [1.29, 1.82) is 0 Å². The molecule has 126 valence electrons. The van der Waals surface area contributed by atoms with Crippen LogP contribution in [0.5, 0.6) is 5.75 Å². The summed E-state index contributed by atoms with van der Waals surface area (Å²) in [5.74, 6) is 0.167. The number of carbonyl (C=O) groups excluding carboxylic acids is 1. The monoisotopic (exact) mass is 338 g/mol. The van der Waals surface area contributed by atoms with E-state index in [1.807, 2.05) is 0 Å². The van der Waals surface area contributed by atoms with Crippen molar-refractivity contribution in [3.63, 3.8) is 0 Å². The van der Waals surface area contributed by atoms with E-state index in [1.54, 1.807) is 43.3 Å². The highest BCUT2D eigenvalue weighted by Gasteiger charge is 2.24. The van der Waals surface area contributed by atoms with Crippen LogP contribution >= 0.6 is 0 Å². The number of methoxy groups -OCH3 is 1. The Bertz CT molecular complexity index is 931. The molecule has 7 nitrogen and oxygen atoms in total. The molecule has 0 spiro atoms. The zero-order chi connectivity index (χ0) is 18.0. The summed E-state index contributed by atoms with van der Waals surface area (Å²) in [5.41, 5.74) is 1.71. The Kier molecular flexibility index (Phi) is 4.30. The molecule has 25 heavy (non-hydrogen) atoms. The Morgan fingerprint density at radius 1 is 1.24 bits per heavy atom. The number of hydrogen-bond donors (Lipinski definition) is 0. The molecule has 0 N–H and O–H groups in total. The van der Waals surface area contributed by atoms with Crippen LogP contribution in [0.3, 0.4) is 0 Å². The molecule has 3 rings (SSSR count). The van der Waals surface area contributed by atoms with Crippen LogP contribution in [-0.2, 0) is 9.53 Å². The first kappa shape index (κ1) is 16.4. The summed E-state index contributed by atoms with van der Waals surface area (Å²) >= 11 is 0. The first-order valence-corrected chi connectivity index (χ1v) is 7.40. The SMILES string of the molecule is COc1cccc(C2=N/C(=C\c3ccc(C)c([N+](=O)[O-])c3)C(=O)O2)c1. The highest BCUT2D eigenvalue weighted by Crippen LogP contribution is 2.24. The maximum absolute atomic E-state index is 12.0. The van der Waals surface area contributed by atoms with Gasteiger partial charge < -0.3 is 9.47 Å². The third-order valence-corrected chi connectivity index (χ3v) is 3.67. The van der Waals surface area contributed by atoms with Gasteiger partial charge in [-0.15, -0.1) is 0 Å². The van der Waals surface area contributed by atoms with E-state index in [-0.39, 0.29) is 17.3 Å². The Morgan fingerprint density at radius 2 is 2.04 bits per heavy atom. The summed E-state index contributed by atoms with van der Waals surface area (Å²) in [4.78, 5) is 26.8. The van der Waals surface area contributed by atoms with Crippen LogP contribution in [0.25, 0.3) is 6.08 Å². The Labute approximate surface area is 143 Å². The lowest BCUT2D eigenvalue weighted by atomic mass is 10.1. The Balaban J connectivity index is 1.96. The Hall–Kier alpha value is -3.48. The van der Waals surface area contributed by atoms with Gasteiger partial charge >= 0.3 is 5.97 Å². The maximum atomic E-state index is 12.0. The number of aliphatic imine (C=N–C) groups is 1. The molecule has 2 aromatic rings. The van der Waals surface area contributed by atoms with E-state index in [9.17, 15) is 14.9 Å². The van der Waals surface area contributed by atoms with Crippen LogP contribution < -0.4 is 4.74 Å². The van der Waals surface area contributed by atoms with Crippen LogP contribution in [0.2, 0.25) is 0 Å². The molecule has 1 aliphatic rings. The second kappa shape index (κ2) is 6.56. The fraction of sp³-hybridized carbons (Fsp3) is 0.111. The second-order valence-corrected chi connectivity index (χ2v) is 5.37. The second-order valence-electron chi connectivity index (χ2n) is 5.37. The number of carbonyl (C=O) groups is 1. The number of ether oxygens (including phenoxy) is 2. The van der Waals surface area contributed by atoms with Gasteiger partial charge in [0.2, 0.25) is 5.90 Å². The molecule has 0 saturated carbocycles. The molecule has 2 aromatic carbocycles. The van der Waals surface area contributed by atoms with E-state index < -0.39 is 10.9 Å². The number of rotatable bonds is 4. The van der Waals surface area contributed by atoms with E-state index in [0.29, 0.717) is 22.4 Å². The number of hydrogen-bond acceptors (Lipinski definition) is 6. The molecule has 0 fully saturated rings. The van der Waals surface area contributed by atoms with Crippen molar-refractivity contribution in [2.24, 2.45) is 4.99 Å². The minimum Gasteiger partial charge on any atom is -0.497 e. The predicted octanol–water partition coefficient (Wildman–Crippen LogP) is 3.26. The van der Waals surface area contributed by atoms with Crippen LogP contribution in [0.4, 0.5) is 5.69 Å². The number of aryl methyl sites for hydroxylation is 1. The van der Waals surface area contributed by atoms with Crippen LogP contribution in [0, 0.1) is 17.0 Å². The topological polar surface area (TPSA) is 91.0 Å². The first-order chi connectivity index (χ1) is 12.0. The molecule has 0 unspecified atom stereocenters. The van der Waals surface area contributed by atoms with Crippen molar-refractivity contribution in [3.05, 3.63) is 75.0 Å². The molecular formula is C18H14N2O5. The van der Waals surface area contributed by atoms with Crippen LogP contribution in [0.1, 0.15) is 16.7 Å². The molecule has 7 heteroatoms. The molecule has 0 atom stereocenters. The predicted molar refractivity (Wildman–Crippen MR) is 91.4 cm³/mol. The number of nitro groups is 1. The van der Waals surface area contributed by atoms with Crippen molar-refractivity contribution in [3.8, 4) is 5.75 Å². The number of benzene rings is 2. The van der Waals surface area contributed by atoms with Gasteiger partial charge in [-0.05, 0) is 36.8 Å². The van der Waals surface area contributed by atoms with Crippen molar-refractivity contribution in [2.45, 2.75) is 6.92 Å². The van der Waals surface area contributed by atoms with Gasteiger partial charge in [-0.2, -0.15) is 0 Å². The lowest BCUT2D eigenvalue weighted by Gasteiger charge is -2.02. The average molecular weight is 338 g/mol. The van der Waals surface area contributed by atoms with E-state index in [0.717, 1.165) is 0 Å². The molecule has 0 amide bonds. The van der Waals surface area contributed by atoms with Gasteiger partial charge in [-0.25, -0.2) is 9.79 Å². The highest BCUT2D eigenvalue weighted by molar-refractivity contribution is 6.13. The summed E-state index contributed by atoms with van der Waals surface area (Å²) in [5, 5.41) is 11.0. The first-order valence-electron chi connectivity index (χ1n) is 7.40. The van der Waals surface area contributed by atoms with Gasteiger partial charge in [-0.3, -0.25) is 10.1 Å². The number of esters is 1. The van der Waals surface area contributed by atoms with Gasteiger partial charge in [0.15, 0.2) is 5.70 Å². The van der Waals surface area contributed by atoms with Gasteiger partial charge in [-0.1, -0.05) is 18.2 Å². The standard InChI is InChI=1S/C18H14N2O5/c1-11-6-7-12(9-16(11)20(22)23)8-15-18(21)25-17(19-15)13-4-3-5-14(10-13)24-2/h3-10H,1-2H3/b15-8-. The number of nitrogens with zero attached hydrogens (tertiary/aromatic N) is 2. The minimum absolute atomic E-state index is 0.0160. The molecular weight excluding hydrogens is 324 g/mol. The quantitative estimate of drug-likeness (QED) is 0.369. The molecule has 0 aromatic heterocycles.